The summed E-state index contributed by atoms with van der Waals surface area (Å²) in [5.74, 6) is 0. The zero-order chi connectivity index (χ0) is 26.5. The third-order valence-corrected chi connectivity index (χ3v) is 8.38. The van der Waals surface area contributed by atoms with Gasteiger partial charge in [0, 0.05) is 0 Å². The molecule has 0 N–H and O–H groups in total. The maximum atomic E-state index is 6.41. The van der Waals surface area contributed by atoms with Crippen LogP contribution in [0.2, 0.25) is 0 Å². The van der Waals surface area contributed by atoms with Gasteiger partial charge in [0.15, 0.2) is 0 Å². The Morgan fingerprint density at radius 1 is 0.684 bits per heavy atom. The molecule has 5 heteroatoms. The van der Waals surface area contributed by atoms with Gasteiger partial charge in [0.25, 0.3) is 0 Å². The highest BCUT2D eigenvalue weighted by atomic mass is 16.7. The molecule has 5 aromatic rings. The zero-order valence-electron chi connectivity index (χ0n) is 22.7. The summed E-state index contributed by atoms with van der Waals surface area (Å²) in [6.45, 7) is 10.5. The van der Waals surface area contributed by atoms with E-state index in [9.17, 15) is 0 Å². The van der Waals surface area contributed by atoms with E-state index in [2.05, 4.69) is 142 Å². The Hall–Kier alpha value is -3.67. The van der Waals surface area contributed by atoms with Gasteiger partial charge in [-0.2, -0.15) is 0 Å². The second-order valence-corrected chi connectivity index (χ2v) is 11.2. The normalized spacial score (nSPS) is 16.7. The Balaban J connectivity index is 1.61. The van der Waals surface area contributed by atoms with Gasteiger partial charge in [-0.1, -0.05) is 91.0 Å². The van der Waals surface area contributed by atoms with Crippen LogP contribution < -0.4 is 5.46 Å². The van der Waals surface area contributed by atoms with Gasteiger partial charge in [-0.3, -0.25) is 0 Å². The molecule has 0 bridgehead atoms. The quantitative estimate of drug-likeness (QED) is 0.205. The van der Waals surface area contributed by atoms with Crippen LogP contribution in [0.5, 0.6) is 0 Å². The van der Waals surface area contributed by atoms with Gasteiger partial charge < -0.3 is 13.9 Å². The highest BCUT2D eigenvalue weighted by Crippen LogP contribution is 2.43. The third-order valence-electron chi connectivity index (χ3n) is 8.38. The fourth-order valence-electron chi connectivity index (χ4n) is 5.62. The van der Waals surface area contributed by atoms with Crippen molar-refractivity contribution in [3.63, 3.8) is 0 Å². The minimum atomic E-state index is -0.614. The van der Waals surface area contributed by atoms with Gasteiger partial charge in [0.05, 0.1) is 28.6 Å². The Kier molecular flexibility index (Phi) is 5.82. The molecule has 1 saturated heterocycles. The van der Waals surface area contributed by atoms with E-state index in [-0.39, 0.29) is 0 Å². The van der Waals surface area contributed by atoms with Crippen LogP contribution in [0.25, 0.3) is 11.0 Å². The monoisotopic (exact) mass is 500 g/mol. The molecule has 1 fully saturated rings. The molecule has 4 nitrogen and oxygen atoms in total. The van der Waals surface area contributed by atoms with E-state index in [4.69, 9.17) is 14.3 Å². The Morgan fingerprint density at radius 2 is 1.13 bits per heavy atom. The number of benzene rings is 4. The lowest BCUT2D eigenvalue weighted by Crippen LogP contribution is -2.41. The van der Waals surface area contributed by atoms with Crippen LogP contribution in [0.3, 0.4) is 0 Å². The Labute approximate surface area is 225 Å². The molecule has 6 rings (SSSR count). The summed E-state index contributed by atoms with van der Waals surface area (Å²) in [6, 6.07) is 36.4. The molecular weight excluding hydrogens is 467 g/mol. The van der Waals surface area contributed by atoms with E-state index in [1.807, 2.05) is 6.33 Å². The van der Waals surface area contributed by atoms with E-state index < -0.39 is 23.9 Å². The number of nitrogens with zero attached hydrogens (tertiary/aromatic N) is 2. The first-order valence-corrected chi connectivity index (χ1v) is 13.2. The van der Waals surface area contributed by atoms with Crippen molar-refractivity contribution in [3.8, 4) is 0 Å². The van der Waals surface area contributed by atoms with E-state index >= 15 is 0 Å². The first kappa shape index (κ1) is 24.7. The summed E-state index contributed by atoms with van der Waals surface area (Å²) in [6.07, 6.45) is 1.98. The van der Waals surface area contributed by atoms with Crippen molar-refractivity contribution in [3.05, 3.63) is 132 Å². The molecule has 0 radical (unpaired) electrons. The fraction of sp³-hybridized carbons (Fsp3) is 0.242. The number of imidazole rings is 1. The largest absolute Gasteiger partial charge is 0.495 e. The molecule has 0 amide bonds. The highest BCUT2D eigenvalue weighted by Gasteiger charge is 2.52. The van der Waals surface area contributed by atoms with Gasteiger partial charge >= 0.3 is 7.12 Å². The molecule has 1 aliphatic rings. The van der Waals surface area contributed by atoms with Crippen LogP contribution in [-0.4, -0.2) is 27.9 Å². The standard InChI is InChI=1S/C33H33BN2O2/c1-24-21-30-29(22-28(24)34-37-31(2,3)32(4,5)38-34)35-23-36(30)33(25-15-9-6-10-16-25,26-17-11-7-12-18-26)27-19-13-8-14-20-27/h6-23H,1-5H3. The lowest BCUT2D eigenvalue weighted by Gasteiger charge is -2.38. The molecule has 38 heavy (non-hydrogen) atoms. The van der Waals surface area contributed by atoms with Crippen molar-refractivity contribution >= 4 is 23.6 Å². The minimum Gasteiger partial charge on any atom is -0.399 e. The lowest BCUT2D eigenvalue weighted by atomic mass is 9.75. The van der Waals surface area contributed by atoms with Crippen molar-refractivity contribution in [2.45, 2.75) is 51.4 Å². The van der Waals surface area contributed by atoms with E-state index in [1.54, 1.807) is 0 Å². The minimum absolute atomic E-state index is 0.401. The van der Waals surface area contributed by atoms with Gasteiger partial charge in [-0.15, -0.1) is 0 Å². The summed E-state index contributed by atoms with van der Waals surface area (Å²) in [4.78, 5) is 4.96. The maximum absolute atomic E-state index is 6.41. The molecule has 4 aromatic carbocycles. The summed E-state index contributed by atoms with van der Waals surface area (Å²) in [5.41, 5.74) is 6.19. The highest BCUT2D eigenvalue weighted by molar-refractivity contribution is 6.63. The first-order valence-electron chi connectivity index (χ1n) is 13.2. The second kappa shape index (κ2) is 8.97. The van der Waals surface area contributed by atoms with Crippen LogP contribution >= 0.6 is 0 Å². The predicted octanol–water partition coefficient (Wildman–Crippen LogP) is 6.48. The van der Waals surface area contributed by atoms with Crippen molar-refractivity contribution in [1.82, 2.24) is 9.55 Å². The van der Waals surface area contributed by atoms with E-state index in [0.717, 1.165) is 22.1 Å². The van der Waals surface area contributed by atoms with E-state index in [0.29, 0.717) is 0 Å². The average molecular weight is 500 g/mol. The SMILES string of the molecule is Cc1cc2c(cc1B1OC(C)(C)C(C)(C)O1)ncn2C(c1ccccc1)(c1ccccc1)c1ccccc1. The van der Waals surface area contributed by atoms with Crippen molar-refractivity contribution < 1.29 is 9.31 Å². The molecular formula is C33H33BN2O2. The maximum Gasteiger partial charge on any atom is 0.495 e. The molecule has 1 aliphatic heterocycles. The first-order chi connectivity index (χ1) is 18.2. The summed E-state index contributed by atoms with van der Waals surface area (Å²) in [5, 5.41) is 0. The second-order valence-electron chi connectivity index (χ2n) is 11.2. The Morgan fingerprint density at radius 3 is 1.58 bits per heavy atom. The molecule has 0 atom stereocenters. The van der Waals surface area contributed by atoms with Crippen LogP contribution in [0.15, 0.2) is 109 Å². The number of aryl methyl sites for hydroxylation is 1. The third kappa shape index (κ3) is 3.72. The fourth-order valence-corrected chi connectivity index (χ4v) is 5.62. The Bertz CT molecular complexity index is 1460. The molecule has 0 spiro atoms. The van der Waals surface area contributed by atoms with Crippen molar-refractivity contribution in [1.29, 1.82) is 0 Å². The topological polar surface area (TPSA) is 36.3 Å². The number of aromatic nitrogens is 2. The van der Waals surface area contributed by atoms with Gasteiger partial charge in [0.1, 0.15) is 5.54 Å². The zero-order valence-corrected chi connectivity index (χ0v) is 22.7. The van der Waals surface area contributed by atoms with Crippen LogP contribution in [-0.2, 0) is 14.8 Å². The number of hydrogen-bond donors (Lipinski definition) is 0. The molecule has 0 unspecified atom stereocenters. The average Bonchev–Trinajstić information content (AvgIpc) is 3.42. The molecule has 2 heterocycles. The summed E-state index contributed by atoms with van der Waals surface area (Å²) in [7, 11) is -0.434. The van der Waals surface area contributed by atoms with Crippen LogP contribution in [0, 0.1) is 6.92 Å². The van der Waals surface area contributed by atoms with Crippen LogP contribution in [0.1, 0.15) is 49.9 Å². The summed E-state index contributed by atoms with van der Waals surface area (Å²) >= 11 is 0. The predicted molar refractivity (Wildman–Crippen MR) is 155 cm³/mol. The number of rotatable bonds is 5. The number of hydrogen-bond acceptors (Lipinski definition) is 3. The van der Waals surface area contributed by atoms with Gasteiger partial charge in [0.2, 0.25) is 0 Å². The van der Waals surface area contributed by atoms with Crippen LogP contribution in [0.4, 0.5) is 0 Å². The number of fused-ring (bicyclic) bond motifs is 1. The molecule has 0 saturated carbocycles. The molecule has 1 aromatic heterocycles. The summed E-state index contributed by atoms with van der Waals surface area (Å²) < 4.78 is 15.1. The van der Waals surface area contributed by atoms with Crippen molar-refractivity contribution in [2.24, 2.45) is 0 Å². The smallest absolute Gasteiger partial charge is 0.399 e. The lowest BCUT2D eigenvalue weighted by molar-refractivity contribution is 0.00578. The molecule has 190 valence electrons. The van der Waals surface area contributed by atoms with Gasteiger partial charge in [-0.05, 0) is 74.5 Å². The molecule has 0 aliphatic carbocycles. The van der Waals surface area contributed by atoms with Crippen molar-refractivity contribution in [2.75, 3.05) is 0 Å². The van der Waals surface area contributed by atoms with Gasteiger partial charge in [-0.25, -0.2) is 4.98 Å². The van der Waals surface area contributed by atoms with E-state index in [1.165, 1.54) is 16.7 Å².